The Bertz CT molecular complexity index is 204. The molecule has 0 aromatic carbocycles. The van der Waals surface area contributed by atoms with Crippen LogP contribution >= 0.6 is 0 Å². The Hall–Kier alpha value is -0.610. The van der Waals surface area contributed by atoms with E-state index in [4.69, 9.17) is 0 Å². The lowest BCUT2D eigenvalue weighted by molar-refractivity contribution is -0.124. The van der Waals surface area contributed by atoms with Gasteiger partial charge >= 0.3 is 0 Å². The van der Waals surface area contributed by atoms with Crippen molar-refractivity contribution in [2.75, 3.05) is 13.1 Å². The third-order valence-electron chi connectivity index (χ3n) is 2.78. The molecule has 1 aliphatic rings. The summed E-state index contributed by atoms with van der Waals surface area (Å²) in [6, 6.07) is -0.123. The molecule has 2 atom stereocenters. The van der Waals surface area contributed by atoms with Crippen molar-refractivity contribution in [3.05, 3.63) is 0 Å². The zero-order valence-corrected chi connectivity index (χ0v) is 8.97. The van der Waals surface area contributed by atoms with Gasteiger partial charge in [-0.15, -0.1) is 0 Å². The average molecular weight is 200 g/mol. The normalized spacial score (nSPS) is 26.8. The lowest BCUT2D eigenvalue weighted by Crippen LogP contribution is -2.52. The Morgan fingerprint density at radius 1 is 1.71 bits per heavy atom. The number of amides is 1. The maximum atomic E-state index is 11.3. The standard InChI is InChI=1S/C10H20N2O2/c1-3-10(2,14)7-12-8-5-4-6-11-9(8)13/h8,12,14H,3-7H2,1-2H3,(H,11,13). The van der Waals surface area contributed by atoms with Crippen molar-refractivity contribution < 1.29 is 9.90 Å². The molecular weight excluding hydrogens is 180 g/mol. The van der Waals surface area contributed by atoms with Gasteiger partial charge in [0.2, 0.25) is 5.91 Å². The number of hydrogen-bond acceptors (Lipinski definition) is 3. The molecule has 4 nitrogen and oxygen atoms in total. The molecule has 0 radical (unpaired) electrons. The summed E-state index contributed by atoms with van der Waals surface area (Å²) < 4.78 is 0. The fourth-order valence-corrected chi connectivity index (χ4v) is 1.43. The van der Waals surface area contributed by atoms with Crippen LogP contribution in [0.25, 0.3) is 0 Å². The van der Waals surface area contributed by atoms with E-state index in [9.17, 15) is 9.90 Å². The Balaban J connectivity index is 2.33. The van der Waals surface area contributed by atoms with Crippen LogP contribution in [0.2, 0.25) is 0 Å². The second kappa shape index (κ2) is 4.75. The molecule has 2 unspecified atom stereocenters. The van der Waals surface area contributed by atoms with Crippen LogP contribution in [0.15, 0.2) is 0 Å². The van der Waals surface area contributed by atoms with Gasteiger partial charge in [0, 0.05) is 13.1 Å². The third kappa shape index (κ3) is 3.27. The predicted molar refractivity (Wildman–Crippen MR) is 54.9 cm³/mol. The first-order valence-electron chi connectivity index (χ1n) is 5.28. The van der Waals surface area contributed by atoms with Crippen LogP contribution in [0.5, 0.6) is 0 Å². The monoisotopic (exact) mass is 200 g/mol. The van der Waals surface area contributed by atoms with Crippen molar-refractivity contribution in [2.24, 2.45) is 0 Å². The van der Waals surface area contributed by atoms with Crippen molar-refractivity contribution in [1.82, 2.24) is 10.6 Å². The van der Waals surface area contributed by atoms with Crippen molar-refractivity contribution >= 4 is 5.91 Å². The lowest BCUT2D eigenvalue weighted by atomic mass is 10.0. The van der Waals surface area contributed by atoms with E-state index in [0.717, 1.165) is 19.4 Å². The molecule has 1 amide bonds. The highest BCUT2D eigenvalue weighted by molar-refractivity contribution is 5.82. The smallest absolute Gasteiger partial charge is 0.237 e. The van der Waals surface area contributed by atoms with Crippen LogP contribution in [-0.4, -0.2) is 35.7 Å². The van der Waals surface area contributed by atoms with E-state index in [0.29, 0.717) is 13.0 Å². The average Bonchev–Trinajstić information content (AvgIpc) is 2.17. The first kappa shape index (κ1) is 11.5. The van der Waals surface area contributed by atoms with Crippen molar-refractivity contribution in [3.63, 3.8) is 0 Å². The van der Waals surface area contributed by atoms with Crippen LogP contribution in [-0.2, 0) is 4.79 Å². The molecule has 14 heavy (non-hydrogen) atoms. The highest BCUT2D eigenvalue weighted by atomic mass is 16.3. The van der Waals surface area contributed by atoms with Crippen LogP contribution in [0.3, 0.4) is 0 Å². The largest absolute Gasteiger partial charge is 0.389 e. The van der Waals surface area contributed by atoms with E-state index in [2.05, 4.69) is 10.6 Å². The SMILES string of the molecule is CCC(C)(O)CNC1CCCNC1=O. The second-order valence-electron chi connectivity index (χ2n) is 4.22. The molecule has 0 bridgehead atoms. The van der Waals surface area contributed by atoms with Crippen LogP contribution < -0.4 is 10.6 Å². The fraction of sp³-hybridized carbons (Fsp3) is 0.900. The predicted octanol–water partition coefficient (Wildman–Crippen LogP) is 0.0156. The summed E-state index contributed by atoms with van der Waals surface area (Å²) in [5.74, 6) is 0.0585. The van der Waals surface area contributed by atoms with Gasteiger partial charge in [-0.05, 0) is 26.2 Å². The van der Waals surface area contributed by atoms with Gasteiger partial charge in [-0.2, -0.15) is 0 Å². The van der Waals surface area contributed by atoms with Crippen LogP contribution in [0.1, 0.15) is 33.1 Å². The summed E-state index contributed by atoms with van der Waals surface area (Å²) in [7, 11) is 0. The summed E-state index contributed by atoms with van der Waals surface area (Å²) in [5.41, 5.74) is -0.711. The number of piperidine rings is 1. The Labute approximate surface area is 85.1 Å². The van der Waals surface area contributed by atoms with E-state index in [-0.39, 0.29) is 11.9 Å². The lowest BCUT2D eigenvalue weighted by Gasteiger charge is -2.28. The van der Waals surface area contributed by atoms with Crippen molar-refractivity contribution in [3.8, 4) is 0 Å². The summed E-state index contributed by atoms with van der Waals surface area (Å²) in [5, 5.41) is 15.6. The molecule has 0 aromatic heterocycles. The molecule has 1 fully saturated rings. The van der Waals surface area contributed by atoms with Gasteiger partial charge in [0.15, 0.2) is 0 Å². The topological polar surface area (TPSA) is 61.4 Å². The van der Waals surface area contributed by atoms with Crippen LogP contribution in [0.4, 0.5) is 0 Å². The van der Waals surface area contributed by atoms with Gasteiger partial charge in [0.1, 0.15) is 0 Å². The summed E-state index contributed by atoms with van der Waals surface area (Å²) >= 11 is 0. The van der Waals surface area contributed by atoms with Gasteiger partial charge in [0.05, 0.1) is 11.6 Å². The fourth-order valence-electron chi connectivity index (χ4n) is 1.43. The molecule has 0 spiro atoms. The number of hydrogen-bond donors (Lipinski definition) is 3. The van der Waals surface area contributed by atoms with Gasteiger partial charge in [-0.1, -0.05) is 6.92 Å². The van der Waals surface area contributed by atoms with E-state index in [1.165, 1.54) is 0 Å². The van der Waals surface area contributed by atoms with Gasteiger partial charge < -0.3 is 15.7 Å². The Kier molecular flexibility index (Phi) is 3.89. The molecule has 1 saturated heterocycles. The maximum Gasteiger partial charge on any atom is 0.237 e. The third-order valence-corrected chi connectivity index (χ3v) is 2.78. The molecule has 1 heterocycles. The molecule has 4 heteroatoms. The van der Waals surface area contributed by atoms with E-state index in [1.807, 2.05) is 6.92 Å². The van der Waals surface area contributed by atoms with E-state index >= 15 is 0 Å². The maximum absolute atomic E-state index is 11.3. The highest BCUT2D eigenvalue weighted by Gasteiger charge is 2.25. The summed E-state index contributed by atoms with van der Waals surface area (Å²) in [6.07, 6.45) is 2.57. The number of carbonyl (C=O) groups is 1. The minimum absolute atomic E-state index is 0.0585. The van der Waals surface area contributed by atoms with Crippen LogP contribution in [0, 0.1) is 0 Å². The molecule has 0 aromatic rings. The first-order valence-corrected chi connectivity index (χ1v) is 5.28. The zero-order valence-electron chi connectivity index (χ0n) is 8.97. The molecule has 82 valence electrons. The number of carbonyl (C=O) groups excluding carboxylic acids is 1. The molecule has 0 aliphatic carbocycles. The van der Waals surface area contributed by atoms with Crippen molar-refractivity contribution in [1.29, 1.82) is 0 Å². The van der Waals surface area contributed by atoms with Gasteiger partial charge in [-0.3, -0.25) is 4.79 Å². The Morgan fingerprint density at radius 3 is 3.00 bits per heavy atom. The number of rotatable bonds is 4. The van der Waals surface area contributed by atoms with E-state index in [1.54, 1.807) is 6.92 Å². The quantitative estimate of drug-likeness (QED) is 0.599. The molecule has 3 N–H and O–H groups in total. The summed E-state index contributed by atoms with van der Waals surface area (Å²) in [4.78, 5) is 11.3. The van der Waals surface area contributed by atoms with Crippen molar-refractivity contribution in [2.45, 2.75) is 44.8 Å². The highest BCUT2D eigenvalue weighted by Crippen LogP contribution is 2.09. The zero-order chi connectivity index (χ0) is 10.6. The van der Waals surface area contributed by atoms with Gasteiger partial charge in [0.25, 0.3) is 0 Å². The first-order chi connectivity index (χ1) is 6.55. The number of aliphatic hydroxyl groups is 1. The Morgan fingerprint density at radius 2 is 2.43 bits per heavy atom. The van der Waals surface area contributed by atoms with E-state index < -0.39 is 5.60 Å². The minimum Gasteiger partial charge on any atom is -0.389 e. The second-order valence-corrected chi connectivity index (χ2v) is 4.22. The summed E-state index contributed by atoms with van der Waals surface area (Å²) in [6.45, 7) is 4.96. The molecule has 1 aliphatic heterocycles. The van der Waals surface area contributed by atoms with Gasteiger partial charge in [-0.25, -0.2) is 0 Å². The molecule has 1 rings (SSSR count). The molecule has 0 saturated carbocycles. The molecular formula is C10H20N2O2. The minimum atomic E-state index is -0.711. The number of nitrogens with one attached hydrogen (secondary N) is 2.